The summed E-state index contributed by atoms with van der Waals surface area (Å²) in [5.74, 6) is 1.35. The van der Waals surface area contributed by atoms with Crippen LogP contribution >= 0.6 is 0 Å². The quantitative estimate of drug-likeness (QED) is 0.491. The molecule has 28 heavy (non-hydrogen) atoms. The fourth-order valence-corrected chi connectivity index (χ4v) is 2.59. The Hall–Kier alpha value is -2.89. The third kappa shape index (κ3) is 7.39. The number of ether oxygens (including phenoxy) is 3. The van der Waals surface area contributed by atoms with Gasteiger partial charge in [0.2, 0.25) is 0 Å². The molecule has 3 N–H and O–H groups in total. The first-order valence-electron chi connectivity index (χ1n) is 9.42. The highest BCUT2D eigenvalue weighted by Gasteiger charge is 2.16. The lowest BCUT2D eigenvalue weighted by Crippen LogP contribution is -2.27. The average molecular weight is 386 g/mol. The van der Waals surface area contributed by atoms with Crippen molar-refractivity contribution in [3.8, 4) is 11.5 Å². The summed E-state index contributed by atoms with van der Waals surface area (Å²) >= 11 is 0. The van der Waals surface area contributed by atoms with E-state index in [2.05, 4.69) is 5.32 Å². The Morgan fingerprint density at radius 1 is 1.04 bits per heavy atom. The van der Waals surface area contributed by atoms with Crippen molar-refractivity contribution in [1.29, 1.82) is 0 Å². The minimum Gasteiger partial charge on any atom is -0.493 e. The molecule has 6 nitrogen and oxygen atoms in total. The minimum atomic E-state index is -0.511. The molecule has 0 aliphatic rings. The van der Waals surface area contributed by atoms with E-state index in [1.54, 1.807) is 19.2 Å². The fourth-order valence-electron chi connectivity index (χ4n) is 2.59. The van der Waals surface area contributed by atoms with Crippen LogP contribution in [0.2, 0.25) is 0 Å². The van der Waals surface area contributed by atoms with Crippen LogP contribution in [-0.2, 0) is 11.2 Å². The number of rotatable bonds is 8. The molecule has 6 heteroatoms. The predicted molar refractivity (Wildman–Crippen MR) is 112 cm³/mol. The summed E-state index contributed by atoms with van der Waals surface area (Å²) in [5, 5.41) is 2.73. The second kappa shape index (κ2) is 9.88. The number of hydrogen-bond acceptors (Lipinski definition) is 5. The zero-order valence-corrected chi connectivity index (χ0v) is 17.1. The van der Waals surface area contributed by atoms with Crippen molar-refractivity contribution in [2.45, 2.75) is 45.6 Å². The van der Waals surface area contributed by atoms with E-state index in [1.165, 1.54) is 5.56 Å². The second-order valence-corrected chi connectivity index (χ2v) is 7.54. The molecule has 0 bridgehead atoms. The Kier molecular flexibility index (Phi) is 7.55. The monoisotopic (exact) mass is 386 g/mol. The lowest BCUT2D eigenvalue weighted by molar-refractivity contribution is 0.0636. The number of carbonyl (C=O) groups is 1. The molecule has 0 heterocycles. The number of unbranched alkanes of at least 4 members (excludes halogenated alkanes) is 1. The molecule has 2 rings (SSSR count). The largest absolute Gasteiger partial charge is 0.493 e. The maximum absolute atomic E-state index is 11.8. The van der Waals surface area contributed by atoms with Gasteiger partial charge in [0.15, 0.2) is 11.5 Å². The molecule has 2 aromatic rings. The molecule has 2 aromatic carbocycles. The number of amides is 1. The lowest BCUT2D eigenvalue weighted by atomic mass is 10.1. The number of aryl methyl sites for hydroxylation is 1. The van der Waals surface area contributed by atoms with Gasteiger partial charge in [-0.2, -0.15) is 0 Å². The van der Waals surface area contributed by atoms with Crippen LogP contribution in [0.5, 0.6) is 11.5 Å². The summed E-state index contributed by atoms with van der Waals surface area (Å²) in [4.78, 5) is 11.8. The van der Waals surface area contributed by atoms with Gasteiger partial charge in [-0.15, -0.1) is 0 Å². The van der Waals surface area contributed by atoms with E-state index in [4.69, 9.17) is 19.9 Å². The van der Waals surface area contributed by atoms with Gasteiger partial charge in [-0.25, -0.2) is 4.79 Å². The first-order valence-corrected chi connectivity index (χ1v) is 9.42. The van der Waals surface area contributed by atoms with E-state index in [0.717, 1.165) is 24.9 Å². The summed E-state index contributed by atoms with van der Waals surface area (Å²) < 4.78 is 16.3. The molecule has 0 aliphatic carbocycles. The van der Waals surface area contributed by atoms with Gasteiger partial charge >= 0.3 is 6.09 Å². The number of nitrogens with two attached hydrogens (primary N) is 1. The van der Waals surface area contributed by atoms with E-state index in [9.17, 15) is 4.79 Å². The molecule has 0 fully saturated rings. The highest BCUT2D eigenvalue weighted by atomic mass is 16.6. The predicted octanol–water partition coefficient (Wildman–Crippen LogP) is 5.03. The first kappa shape index (κ1) is 21.4. The average Bonchev–Trinajstić information content (AvgIpc) is 2.62. The zero-order valence-electron chi connectivity index (χ0n) is 17.1. The molecule has 0 radical (unpaired) electrons. The summed E-state index contributed by atoms with van der Waals surface area (Å²) in [6.07, 6.45) is 2.41. The molecule has 0 saturated heterocycles. The number of hydrogen-bond donors (Lipinski definition) is 2. The van der Waals surface area contributed by atoms with Gasteiger partial charge in [0.05, 0.1) is 13.7 Å². The summed E-state index contributed by atoms with van der Waals surface area (Å²) in [6.45, 7) is 6.12. The Balaban J connectivity index is 1.71. The number of nitrogens with one attached hydrogen (secondary N) is 1. The summed E-state index contributed by atoms with van der Waals surface area (Å²) in [6, 6.07) is 13.2. The maximum atomic E-state index is 11.8. The second-order valence-electron chi connectivity index (χ2n) is 7.54. The third-order valence-corrected chi connectivity index (χ3v) is 3.90. The first-order chi connectivity index (χ1) is 13.3. The normalized spacial score (nSPS) is 11.0. The zero-order chi connectivity index (χ0) is 20.6. The van der Waals surface area contributed by atoms with Gasteiger partial charge in [-0.05, 0) is 69.9 Å². The van der Waals surface area contributed by atoms with Crippen LogP contribution in [0.3, 0.4) is 0 Å². The van der Waals surface area contributed by atoms with Crippen molar-refractivity contribution in [2.24, 2.45) is 0 Å². The topological polar surface area (TPSA) is 82.8 Å². The number of carbonyl (C=O) groups excluding carboxylic acids is 1. The van der Waals surface area contributed by atoms with Crippen LogP contribution in [0.1, 0.15) is 39.2 Å². The molecule has 0 spiro atoms. The van der Waals surface area contributed by atoms with Crippen LogP contribution in [0.25, 0.3) is 0 Å². The molecular weight excluding hydrogens is 356 g/mol. The SMILES string of the molecule is COc1cc(N)ccc1OCCCCc1ccc(NC(=O)OC(C)(C)C)cc1. The van der Waals surface area contributed by atoms with E-state index in [0.29, 0.717) is 23.8 Å². The molecule has 0 unspecified atom stereocenters. The fraction of sp³-hybridized carbons (Fsp3) is 0.409. The Labute approximate surface area is 167 Å². The van der Waals surface area contributed by atoms with Gasteiger partial charge in [0.1, 0.15) is 5.60 Å². The van der Waals surface area contributed by atoms with Gasteiger partial charge in [-0.1, -0.05) is 12.1 Å². The van der Waals surface area contributed by atoms with E-state index >= 15 is 0 Å². The van der Waals surface area contributed by atoms with Crippen LogP contribution in [0.4, 0.5) is 16.2 Å². The maximum Gasteiger partial charge on any atom is 0.412 e. The molecule has 0 atom stereocenters. The van der Waals surface area contributed by atoms with E-state index in [-0.39, 0.29) is 0 Å². The van der Waals surface area contributed by atoms with Crippen molar-refractivity contribution in [2.75, 3.05) is 24.8 Å². The standard InChI is InChI=1S/C22H30N2O4/c1-22(2,3)28-21(25)24-18-11-8-16(9-12-18)7-5-6-14-27-19-13-10-17(23)15-20(19)26-4/h8-13,15H,5-7,14,23H2,1-4H3,(H,24,25). The lowest BCUT2D eigenvalue weighted by Gasteiger charge is -2.19. The van der Waals surface area contributed by atoms with Gasteiger partial charge < -0.3 is 19.9 Å². The molecular formula is C22H30N2O4. The van der Waals surface area contributed by atoms with Gasteiger partial charge in [0, 0.05) is 17.4 Å². The molecule has 0 aliphatic heterocycles. The number of nitrogen functional groups attached to an aromatic ring is 1. The number of benzene rings is 2. The van der Waals surface area contributed by atoms with E-state index in [1.807, 2.05) is 51.1 Å². The Bertz CT molecular complexity index is 767. The molecule has 0 saturated carbocycles. The Morgan fingerprint density at radius 2 is 1.75 bits per heavy atom. The van der Waals surface area contributed by atoms with Crippen molar-refractivity contribution < 1.29 is 19.0 Å². The summed E-state index contributed by atoms with van der Waals surface area (Å²) in [7, 11) is 1.60. The molecule has 1 amide bonds. The van der Waals surface area contributed by atoms with Crippen LogP contribution in [0, 0.1) is 0 Å². The number of anilines is 2. The highest BCUT2D eigenvalue weighted by Crippen LogP contribution is 2.29. The van der Waals surface area contributed by atoms with Crippen LogP contribution < -0.4 is 20.5 Å². The Morgan fingerprint density at radius 3 is 2.39 bits per heavy atom. The van der Waals surface area contributed by atoms with Crippen molar-refractivity contribution in [3.63, 3.8) is 0 Å². The van der Waals surface area contributed by atoms with Crippen molar-refractivity contribution in [3.05, 3.63) is 48.0 Å². The highest BCUT2D eigenvalue weighted by molar-refractivity contribution is 5.84. The number of methoxy groups -OCH3 is 1. The van der Waals surface area contributed by atoms with Gasteiger partial charge in [0.25, 0.3) is 0 Å². The smallest absolute Gasteiger partial charge is 0.412 e. The van der Waals surface area contributed by atoms with Gasteiger partial charge in [-0.3, -0.25) is 5.32 Å². The van der Waals surface area contributed by atoms with Crippen molar-refractivity contribution in [1.82, 2.24) is 0 Å². The summed E-state index contributed by atoms with van der Waals surface area (Å²) in [5.41, 5.74) is 7.81. The van der Waals surface area contributed by atoms with E-state index < -0.39 is 11.7 Å². The van der Waals surface area contributed by atoms with Crippen molar-refractivity contribution >= 4 is 17.5 Å². The molecule has 0 aromatic heterocycles. The molecule has 152 valence electrons. The van der Waals surface area contributed by atoms with Crippen LogP contribution in [0.15, 0.2) is 42.5 Å². The third-order valence-electron chi connectivity index (χ3n) is 3.90. The minimum absolute atomic E-state index is 0.449. The van der Waals surface area contributed by atoms with Crippen LogP contribution in [-0.4, -0.2) is 25.4 Å².